The Labute approximate surface area is 100 Å². The average molecular weight is 233 g/mol. The monoisotopic (exact) mass is 233 g/mol. The molecule has 1 atom stereocenters. The summed E-state index contributed by atoms with van der Waals surface area (Å²) in [5.74, 6) is 0.421. The molecule has 1 unspecified atom stereocenters. The molecule has 90 valence electrons. The first-order chi connectivity index (χ1) is 7.95. The Morgan fingerprint density at radius 1 is 1.41 bits per heavy atom. The number of nitro benzene ring substituents is 1. The minimum Gasteiger partial charge on any atom is -0.382 e. The lowest BCUT2D eigenvalue weighted by Crippen LogP contribution is -2.21. The van der Waals surface area contributed by atoms with Crippen molar-refractivity contribution < 1.29 is 4.92 Å². The van der Waals surface area contributed by atoms with E-state index in [1.807, 2.05) is 13.0 Å². The van der Waals surface area contributed by atoms with Crippen molar-refractivity contribution in [2.24, 2.45) is 5.92 Å². The number of nitro groups is 1. The maximum absolute atomic E-state index is 10.8. The second kappa shape index (κ2) is 5.30. The third-order valence-corrected chi connectivity index (χ3v) is 2.71. The summed E-state index contributed by atoms with van der Waals surface area (Å²) in [4.78, 5) is 10.2. The van der Waals surface area contributed by atoms with E-state index in [0.29, 0.717) is 11.6 Å². The number of nitrogens with zero attached hydrogens (tertiary/aromatic N) is 2. The number of nitriles is 1. The molecule has 0 heterocycles. The maximum Gasteiger partial charge on any atom is 0.289 e. The van der Waals surface area contributed by atoms with Crippen molar-refractivity contribution in [1.29, 1.82) is 5.26 Å². The van der Waals surface area contributed by atoms with Crippen molar-refractivity contribution in [3.05, 3.63) is 33.9 Å². The van der Waals surface area contributed by atoms with Gasteiger partial charge in [-0.15, -0.1) is 0 Å². The van der Waals surface area contributed by atoms with Gasteiger partial charge in [-0.25, -0.2) is 0 Å². The molecule has 17 heavy (non-hydrogen) atoms. The Hall–Kier alpha value is -2.09. The number of benzene rings is 1. The SMILES string of the molecule is CC(C)C(C)Nc1ccc(C#N)c([N+](=O)[O-])c1. The van der Waals surface area contributed by atoms with Crippen LogP contribution in [-0.4, -0.2) is 11.0 Å². The third-order valence-electron chi connectivity index (χ3n) is 2.71. The van der Waals surface area contributed by atoms with E-state index < -0.39 is 4.92 Å². The molecule has 0 bridgehead atoms. The minimum absolute atomic E-state index is 0.0813. The lowest BCUT2D eigenvalue weighted by molar-refractivity contribution is -0.385. The van der Waals surface area contributed by atoms with Crippen LogP contribution < -0.4 is 5.32 Å². The molecular formula is C12H15N3O2. The van der Waals surface area contributed by atoms with Gasteiger partial charge in [0.1, 0.15) is 11.6 Å². The highest BCUT2D eigenvalue weighted by Crippen LogP contribution is 2.23. The molecule has 1 aromatic carbocycles. The number of hydrogen-bond acceptors (Lipinski definition) is 4. The molecule has 0 aliphatic carbocycles. The smallest absolute Gasteiger partial charge is 0.289 e. The lowest BCUT2D eigenvalue weighted by Gasteiger charge is -2.18. The average Bonchev–Trinajstić information content (AvgIpc) is 2.28. The van der Waals surface area contributed by atoms with Crippen LogP contribution in [0.2, 0.25) is 0 Å². The van der Waals surface area contributed by atoms with Crippen molar-refractivity contribution in [2.75, 3.05) is 5.32 Å². The van der Waals surface area contributed by atoms with Crippen molar-refractivity contribution in [2.45, 2.75) is 26.8 Å². The zero-order chi connectivity index (χ0) is 13.0. The molecular weight excluding hydrogens is 218 g/mol. The Balaban J connectivity index is 3.01. The van der Waals surface area contributed by atoms with Gasteiger partial charge < -0.3 is 5.32 Å². The number of anilines is 1. The molecule has 0 amide bonds. The second-order valence-electron chi connectivity index (χ2n) is 4.28. The van der Waals surface area contributed by atoms with Gasteiger partial charge in [0.2, 0.25) is 0 Å². The van der Waals surface area contributed by atoms with E-state index in [0.717, 1.165) is 0 Å². The molecule has 0 aromatic heterocycles. The normalized spacial score (nSPS) is 11.9. The van der Waals surface area contributed by atoms with E-state index in [1.165, 1.54) is 12.1 Å². The summed E-state index contributed by atoms with van der Waals surface area (Å²) >= 11 is 0. The molecule has 1 N–H and O–H groups in total. The standard InChI is InChI=1S/C12H15N3O2/c1-8(2)9(3)14-11-5-4-10(7-13)12(6-11)15(16)17/h4-6,8-9,14H,1-3H3. The first-order valence-electron chi connectivity index (χ1n) is 5.40. The van der Waals surface area contributed by atoms with E-state index in [9.17, 15) is 10.1 Å². The Morgan fingerprint density at radius 3 is 2.53 bits per heavy atom. The molecule has 0 aliphatic heterocycles. The van der Waals surface area contributed by atoms with Gasteiger partial charge in [0, 0.05) is 17.8 Å². The fraction of sp³-hybridized carbons (Fsp3) is 0.417. The lowest BCUT2D eigenvalue weighted by atomic mass is 10.1. The highest BCUT2D eigenvalue weighted by Gasteiger charge is 2.15. The maximum atomic E-state index is 10.8. The van der Waals surface area contributed by atoms with Gasteiger partial charge >= 0.3 is 0 Å². The predicted octanol–water partition coefficient (Wildman–Crippen LogP) is 2.92. The number of rotatable bonds is 4. The van der Waals surface area contributed by atoms with Crippen molar-refractivity contribution in [3.8, 4) is 6.07 Å². The number of nitrogens with one attached hydrogen (secondary N) is 1. The minimum atomic E-state index is -0.538. The molecule has 5 nitrogen and oxygen atoms in total. The molecule has 0 fully saturated rings. The molecule has 0 saturated heterocycles. The highest BCUT2D eigenvalue weighted by atomic mass is 16.6. The molecule has 1 rings (SSSR count). The third kappa shape index (κ3) is 3.18. The number of hydrogen-bond donors (Lipinski definition) is 1. The van der Waals surface area contributed by atoms with Crippen LogP contribution >= 0.6 is 0 Å². The molecule has 0 spiro atoms. The van der Waals surface area contributed by atoms with Crippen LogP contribution in [0.4, 0.5) is 11.4 Å². The topological polar surface area (TPSA) is 79.0 Å². The summed E-state index contributed by atoms with van der Waals surface area (Å²) in [5.41, 5.74) is 0.586. The Morgan fingerprint density at radius 2 is 2.06 bits per heavy atom. The Bertz CT molecular complexity index is 463. The van der Waals surface area contributed by atoms with Crippen LogP contribution in [0.5, 0.6) is 0 Å². The van der Waals surface area contributed by atoms with Crippen LogP contribution in [0, 0.1) is 27.4 Å². The fourth-order valence-corrected chi connectivity index (χ4v) is 1.30. The van der Waals surface area contributed by atoms with E-state index in [-0.39, 0.29) is 17.3 Å². The van der Waals surface area contributed by atoms with E-state index in [2.05, 4.69) is 19.2 Å². The van der Waals surface area contributed by atoms with Gasteiger partial charge in [-0.3, -0.25) is 10.1 Å². The zero-order valence-electron chi connectivity index (χ0n) is 10.1. The first-order valence-corrected chi connectivity index (χ1v) is 5.40. The van der Waals surface area contributed by atoms with Gasteiger partial charge in [-0.05, 0) is 25.0 Å². The first kappa shape index (κ1) is 13.0. The van der Waals surface area contributed by atoms with Crippen LogP contribution in [-0.2, 0) is 0 Å². The zero-order valence-corrected chi connectivity index (χ0v) is 10.1. The van der Waals surface area contributed by atoms with E-state index >= 15 is 0 Å². The summed E-state index contributed by atoms with van der Waals surface area (Å²) < 4.78 is 0. The van der Waals surface area contributed by atoms with E-state index in [4.69, 9.17) is 5.26 Å². The highest BCUT2D eigenvalue weighted by molar-refractivity contribution is 5.59. The van der Waals surface area contributed by atoms with Crippen LogP contribution in [0.3, 0.4) is 0 Å². The molecule has 5 heteroatoms. The van der Waals surface area contributed by atoms with Crippen molar-refractivity contribution in [1.82, 2.24) is 0 Å². The van der Waals surface area contributed by atoms with Crippen LogP contribution in [0.25, 0.3) is 0 Å². The fourth-order valence-electron chi connectivity index (χ4n) is 1.30. The van der Waals surface area contributed by atoms with Gasteiger partial charge in [0.05, 0.1) is 4.92 Å². The van der Waals surface area contributed by atoms with Crippen LogP contribution in [0.1, 0.15) is 26.3 Å². The Kier molecular flexibility index (Phi) is 4.05. The summed E-state index contributed by atoms with van der Waals surface area (Å²) in [6.45, 7) is 6.14. The molecule has 0 aliphatic rings. The molecule has 1 aromatic rings. The summed E-state index contributed by atoms with van der Waals surface area (Å²) in [6.07, 6.45) is 0. The van der Waals surface area contributed by atoms with Gasteiger partial charge in [0.25, 0.3) is 5.69 Å². The van der Waals surface area contributed by atoms with Gasteiger partial charge in [0.15, 0.2) is 0 Å². The molecule has 0 radical (unpaired) electrons. The second-order valence-corrected chi connectivity index (χ2v) is 4.28. The van der Waals surface area contributed by atoms with Gasteiger partial charge in [-0.1, -0.05) is 13.8 Å². The molecule has 0 saturated carbocycles. The van der Waals surface area contributed by atoms with Crippen LogP contribution in [0.15, 0.2) is 18.2 Å². The quantitative estimate of drug-likeness (QED) is 0.640. The van der Waals surface area contributed by atoms with Crippen molar-refractivity contribution in [3.63, 3.8) is 0 Å². The van der Waals surface area contributed by atoms with Gasteiger partial charge in [-0.2, -0.15) is 5.26 Å². The summed E-state index contributed by atoms with van der Waals surface area (Å²) in [5, 5.41) is 22.7. The summed E-state index contributed by atoms with van der Waals surface area (Å²) in [7, 11) is 0. The van der Waals surface area contributed by atoms with Crippen molar-refractivity contribution >= 4 is 11.4 Å². The summed E-state index contributed by atoms with van der Waals surface area (Å²) in [6, 6.07) is 6.57. The largest absolute Gasteiger partial charge is 0.382 e. The predicted molar refractivity (Wildman–Crippen MR) is 65.7 cm³/mol. The van der Waals surface area contributed by atoms with E-state index in [1.54, 1.807) is 6.07 Å².